The average Bonchev–Trinajstić information content (AvgIpc) is 3.65. The van der Waals surface area contributed by atoms with Gasteiger partial charge in [-0.05, 0) is 55.5 Å². The summed E-state index contributed by atoms with van der Waals surface area (Å²) >= 11 is 0. The lowest BCUT2D eigenvalue weighted by atomic mass is 10.0. The molecule has 1 aliphatic heterocycles. The first-order valence-corrected chi connectivity index (χ1v) is 12.5. The minimum atomic E-state index is 0.357. The van der Waals surface area contributed by atoms with Gasteiger partial charge in [-0.25, -0.2) is 9.97 Å². The molecule has 0 saturated carbocycles. The topological polar surface area (TPSA) is 81.4 Å². The number of aromatic nitrogens is 4. The minimum Gasteiger partial charge on any atom is -0.344 e. The Morgan fingerprint density at radius 1 is 0.912 bits per heavy atom. The summed E-state index contributed by atoms with van der Waals surface area (Å²) in [5.41, 5.74) is 8.06. The summed E-state index contributed by atoms with van der Waals surface area (Å²) < 4.78 is 0. The number of rotatable bonds is 9. The molecule has 6 nitrogen and oxygen atoms in total. The molecule has 2 aromatic heterocycles. The van der Waals surface area contributed by atoms with Gasteiger partial charge in [-0.1, -0.05) is 62.4 Å². The molecule has 1 aliphatic rings. The molecule has 6 heteroatoms. The maximum absolute atomic E-state index is 4.97. The zero-order chi connectivity index (χ0) is 23.3. The fourth-order valence-electron chi connectivity index (χ4n) is 4.65. The van der Waals surface area contributed by atoms with Crippen LogP contribution in [0.3, 0.4) is 0 Å². The van der Waals surface area contributed by atoms with Crippen molar-refractivity contribution in [2.75, 3.05) is 13.1 Å². The van der Waals surface area contributed by atoms with Gasteiger partial charge in [-0.2, -0.15) is 0 Å². The number of benzene rings is 2. The van der Waals surface area contributed by atoms with Crippen LogP contribution in [0.4, 0.5) is 0 Å². The van der Waals surface area contributed by atoms with Gasteiger partial charge < -0.3 is 20.6 Å². The Labute approximate surface area is 201 Å². The Balaban J connectivity index is 1.30. The SMILES string of the molecule is CCCNCc1ncc(-c2ccc(-c3ccc(-c4nc([C@@H]5CCCN5)[nH]c4CC)cc3)cc2)[nH]1. The van der Waals surface area contributed by atoms with Crippen molar-refractivity contribution in [3.63, 3.8) is 0 Å². The molecule has 5 rings (SSSR count). The van der Waals surface area contributed by atoms with E-state index in [9.17, 15) is 0 Å². The van der Waals surface area contributed by atoms with Gasteiger partial charge in [0.05, 0.1) is 30.2 Å². The summed E-state index contributed by atoms with van der Waals surface area (Å²) in [6.45, 7) is 7.20. The fraction of sp³-hybridized carbons (Fsp3) is 0.357. The van der Waals surface area contributed by atoms with Crippen LogP contribution >= 0.6 is 0 Å². The van der Waals surface area contributed by atoms with Crippen molar-refractivity contribution in [3.05, 3.63) is 72.1 Å². The maximum Gasteiger partial charge on any atom is 0.124 e. The molecule has 34 heavy (non-hydrogen) atoms. The van der Waals surface area contributed by atoms with E-state index in [1.54, 1.807) is 0 Å². The average molecular weight is 455 g/mol. The number of nitrogens with one attached hydrogen (secondary N) is 4. The summed E-state index contributed by atoms with van der Waals surface area (Å²) in [5.74, 6) is 2.05. The van der Waals surface area contributed by atoms with Crippen LogP contribution in [-0.2, 0) is 13.0 Å². The predicted octanol–water partition coefficient (Wildman–Crippen LogP) is 5.62. The third-order valence-electron chi connectivity index (χ3n) is 6.58. The lowest BCUT2D eigenvalue weighted by Crippen LogP contribution is -2.14. The molecule has 0 bridgehead atoms. The van der Waals surface area contributed by atoms with Crippen LogP contribution in [-0.4, -0.2) is 33.0 Å². The molecule has 1 saturated heterocycles. The normalized spacial score (nSPS) is 15.8. The highest BCUT2D eigenvalue weighted by atomic mass is 15.0. The maximum atomic E-state index is 4.97. The van der Waals surface area contributed by atoms with E-state index in [2.05, 4.69) is 88.0 Å². The summed E-state index contributed by atoms with van der Waals surface area (Å²) in [4.78, 5) is 16.5. The van der Waals surface area contributed by atoms with Gasteiger partial charge in [-0.3, -0.25) is 0 Å². The Morgan fingerprint density at radius 2 is 1.62 bits per heavy atom. The fourth-order valence-corrected chi connectivity index (χ4v) is 4.65. The van der Waals surface area contributed by atoms with Gasteiger partial charge >= 0.3 is 0 Å². The standard InChI is InChI=1S/C28H34N6/c1-3-15-29-18-26-31-17-25(32-26)21-11-7-19(8-12-21)20-9-13-22(14-10-20)27-23(4-2)33-28(34-27)24-6-5-16-30-24/h7-14,17,24,29-30H,3-6,15-16,18H2,1-2H3,(H,31,32)(H,33,34)/t24-/m0/s1. The molecule has 3 heterocycles. The van der Waals surface area contributed by atoms with Crippen LogP contribution in [0, 0.1) is 0 Å². The first-order valence-electron chi connectivity index (χ1n) is 12.5. The lowest BCUT2D eigenvalue weighted by molar-refractivity contribution is 0.611. The van der Waals surface area contributed by atoms with E-state index in [0.717, 1.165) is 67.5 Å². The van der Waals surface area contributed by atoms with Gasteiger partial charge in [0, 0.05) is 11.3 Å². The second-order valence-electron chi connectivity index (χ2n) is 9.03. The molecule has 0 amide bonds. The zero-order valence-electron chi connectivity index (χ0n) is 20.1. The Hall–Kier alpha value is -3.22. The first kappa shape index (κ1) is 22.6. The van der Waals surface area contributed by atoms with Crippen molar-refractivity contribution >= 4 is 0 Å². The Bertz CT molecular complexity index is 1200. The van der Waals surface area contributed by atoms with E-state index < -0.39 is 0 Å². The van der Waals surface area contributed by atoms with Gasteiger partial charge in [0.1, 0.15) is 11.6 Å². The summed E-state index contributed by atoms with van der Waals surface area (Å²) in [6, 6.07) is 17.8. The van der Waals surface area contributed by atoms with Gasteiger partial charge in [0.15, 0.2) is 0 Å². The van der Waals surface area contributed by atoms with Crippen molar-refractivity contribution in [1.29, 1.82) is 0 Å². The second kappa shape index (κ2) is 10.4. The number of H-pyrrole nitrogens is 2. The van der Waals surface area contributed by atoms with Gasteiger partial charge in [0.2, 0.25) is 0 Å². The molecule has 1 atom stereocenters. The van der Waals surface area contributed by atoms with Crippen LogP contribution in [0.15, 0.2) is 54.7 Å². The van der Waals surface area contributed by atoms with E-state index in [1.165, 1.54) is 28.8 Å². The quantitative estimate of drug-likeness (QED) is 0.247. The molecular formula is C28H34N6. The Morgan fingerprint density at radius 3 is 2.26 bits per heavy atom. The predicted molar refractivity (Wildman–Crippen MR) is 138 cm³/mol. The highest BCUT2D eigenvalue weighted by molar-refractivity contribution is 5.72. The molecule has 4 aromatic rings. The molecule has 4 N–H and O–H groups in total. The second-order valence-corrected chi connectivity index (χ2v) is 9.03. The van der Waals surface area contributed by atoms with Crippen LogP contribution in [0.1, 0.15) is 56.5 Å². The number of nitrogens with zero attached hydrogens (tertiary/aromatic N) is 2. The van der Waals surface area contributed by atoms with Crippen LogP contribution in [0.25, 0.3) is 33.6 Å². The van der Waals surface area contributed by atoms with E-state index in [-0.39, 0.29) is 0 Å². The molecule has 2 aromatic carbocycles. The third-order valence-corrected chi connectivity index (χ3v) is 6.58. The largest absolute Gasteiger partial charge is 0.344 e. The summed E-state index contributed by atoms with van der Waals surface area (Å²) in [7, 11) is 0. The lowest BCUT2D eigenvalue weighted by Gasteiger charge is -2.06. The molecule has 0 spiro atoms. The van der Waals surface area contributed by atoms with Crippen LogP contribution < -0.4 is 10.6 Å². The van der Waals surface area contributed by atoms with Gasteiger partial charge in [-0.15, -0.1) is 0 Å². The third kappa shape index (κ3) is 4.83. The molecule has 1 fully saturated rings. The number of aromatic amines is 2. The van der Waals surface area contributed by atoms with E-state index in [0.29, 0.717) is 6.04 Å². The minimum absolute atomic E-state index is 0.357. The smallest absolute Gasteiger partial charge is 0.124 e. The monoisotopic (exact) mass is 454 g/mol. The van der Waals surface area contributed by atoms with Crippen molar-refractivity contribution in [1.82, 2.24) is 30.6 Å². The number of aryl methyl sites for hydroxylation is 1. The molecule has 176 valence electrons. The van der Waals surface area contributed by atoms with Crippen molar-refractivity contribution < 1.29 is 0 Å². The molecule has 0 aliphatic carbocycles. The van der Waals surface area contributed by atoms with E-state index >= 15 is 0 Å². The van der Waals surface area contributed by atoms with E-state index in [1.807, 2.05) is 6.20 Å². The highest BCUT2D eigenvalue weighted by Crippen LogP contribution is 2.30. The summed E-state index contributed by atoms with van der Waals surface area (Å²) in [6.07, 6.45) is 6.35. The highest BCUT2D eigenvalue weighted by Gasteiger charge is 2.21. The zero-order valence-corrected chi connectivity index (χ0v) is 20.1. The number of hydrogen-bond donors (Lipinski definition) is 4. The first-order chi connectivity index (χ1) is 16.7. The number of hydrogen-bond acceptors (Lipinski definition) is 4. The van der Waals surface area contributed by atoms with Crippen LogP contribution in [0.5, 0.6) is 0 Å². The van der Waals surface area contributed by atoms with E-state index in [4.69, 9.17) is 4.98 Å². The van der Waals surface area contributed by atoms with Crippen molar-refractivity contribution in [2.45, 2.75) is 52.1 Å². The van der Waals surface area contributed by atoms with Crippen molar-refractivity contribution in [2.24, 2.45) is 0 Å². The molecule has 0 radical (unpaired) electrons. The Kier molecular flexibility index (Phi) is 6.88. The van der Waals surface area contributed by atoms with Crippen molar-refractivity contribution in [3.8, 4) is 33.6 Å². The number of imidazole rings is 2. The van der Waals surface area contributed by atoms with Crippen LogP contribution in [0.2, 0.25) is 0 Å². The van der Waals surface area contributed by atoms with Gasteiger partial charge in [0.25, 0.3) is 0 Å². The molecule has 0 unspecified atom stereocenters. The molecular weight excluding hydrogens is 420 g/mol. The summed E-state index contributed by atoms with van der Waals surface area (Å²) in [5, 5.41) is 6.93.